The fourth-order valence-electron chi connectivity index (χ4n) is 4.63. The standard InChI is InChI=1S/C28H27ClN4O2/c29-23-14-12-20(13-15-23)17-30-27(34)22-9-6-16-32(19-22)26-28(35)33(18-21-7-2-1-3-8-21)25-11-5-4-10-24(25)31-26/h1-5,7-8,10-15,22H,6,9,16-19H2,(H,30,34)/t22-/m0/s1. The van der Waals surface area contributed by atoms with E-state index in [0.717, 1.165) is 35.0 Å². The Bertz CT molecular complexity index is 1390. The Morgan fingerprint density at radius 3 is 2.51 bits per heavy atom. The summed E-state index contributed by atoms with van der Waals surface area (Å²) in [4.78, 5) is 33.3. The lowest BCUT2D eigenvalue weighted by molar-refractivity contribution is -0.125. The maximum absolute atomic E-state index is 13.6. The molecule has 7 heteroatoms. The van der Waals surface area contributed by atoms with Crippen LogP contribution in [0.1, 0.15) is 24.0 Å². The fourth-order valence-corrected chi connectivity index (χ4v) is 4.75. The number of para-hydroxylation sites is 2. The summed E-state index contributed by atoms with van der Waals surface area (Å²) in [7, 11) is 0. The third kappa shape index (κ3) is 5.23. The van der Waals surface area contributed by atoms with Gasteiger partial charge in [0.25, 0.3) is 5.56 Å². The van der Waals surface area contributed by atoms with Crippen LogP contribution in [0, 0.1) is 5.92 Å². The van der Waals surface area contributed by atoms with Gasteiger partial charge < -0.3 is 10.2 Å². The van der Waals surface area contributed by atoms with Crippen molar-refractivity contribution in [3.05, 3.63) is 105 Å². The Morgan fingerprint density at radius 1 is 0.971 bits per heavy atom. The van der Waals surface area contributed by atoms with Crippen molar-refractivity contribution in [1.82, 2.24) is 14.9 Å². The van der Waals surface area contributed by atoms with Gasteiger partial charge in [-0.2, -0.15) is 0 Å². The summed E-state index contributed by atoms with van der Waals surface area (Å²) in [5.74, 6) is 0.205. The van der Waals surface area contributed by atoms with Gasteiger partial charge in [0.1, 0.15) is 0 Å². The number of hydrogen-bond acceptors (Lipinski definition) is 4. The van der Waals surface area contributed by atoms with Crippen LogP contribution in [0.4, 0.5) is 5.82 Å². The van der Waals surface area contributed by atoms with Crippen LogP contribution in [-0.2, 0) is 17.9 Å². The van der Waals surface area contributed by atoms with Crippen molar-refractivity contribution < 1.29 is 4.79 Å². The molecule has 1 aliphatic rings. The van der Waals surface area contributed by atoms with E-state index in [1.165, 1.54) is 0 Å². The van der Waals surface area contributed by atoms with E-state index < -0.39 is 0 Å². The summed E-state index contributed by atoms with van der Waals surface area (Å²) < 4.78 is 1.79. The first-order valence-electron chi connectivity index (χ1n) is 11.9. The molecule has 0 saturated carbocycles. The molecule has 178 valence electrons. The lowest BCUT2D eigenvalue weighted by atomic mass is 9.97. The number of piperidine rings is 1. The third-order valence-corrected chi connectivity index (χ3v) is 6.74. The number of rotatable bonds is 6. The quantitative estimate of drug-likeness (QED) is 0.431. The van der Waals surface area contributed by atoms with Crippen molar-refractivity contribution in [3.63, 3.8) is 0 Å². The molecule has 6 nitrogen and oxygen atoms in total. The van der Waals surface area contributed by atoms with Crippen molar-refractivity contribution in [2.24, 2.45) is 5.92 Å². The number of carbonyl (C=O) groups excluding carboxylic acids is 1. The molecule has 1 saturated heterocycles. The van der Waals surface area contributed by atoms with Crippen molar-refractivity contribution in [2.45, 2.75) is 25.9 Å². The molecule has 0 aliphatic carbocycles. The molecule has 0 radical (unpaired) electrons. The van der Waals surface area contributed by atoms with Crippen molar-refractivity contribution in [1.29, 1.82) is 0 Å². The van der Waals surface area contributed by atoms with Crippen LogP contribution in [0.3, 0.4) is 0 Å². The van der Waals surface area contributed by atoms with Gasteiger partial charge in [-0.3, -0.25) is 14.2 Å². The summed E-state index contributed by atoms with van der Waals surface area (Å²) >= 11 is 5.95. The maximum Gasteiger partial charge on any atom is 0.294 e. The van der Waals surface area contributed by atoms with Crippen LogP contribution < -0.4 is 15.8 Å². The Kier molecular flexibility index (Phi) is 6.82. The molecule has 0 spiro atoms. The highest BCUT2D eigenvalue weighted by molar-refractivity contribution is 6.30. The van der Waals surface area contributed by atoms with Gasteiger partial charge in [0.15, 0.2) is 5.82 Å². The second-order valence-corrected chi connectivity index (χ2v) is 9.37. The monoisotopic (exact) mass is 486 g/mol. The van der Waals surface area contributed by atoms with E-state index in [9.17, 15) is 9.59 Å². The lowest BCUT2D eigenvalue weighted by Crippen LogP contribution is -2.45. The molecular formula is C28H27ClN4O2. The van der Waals surface area contributed by atoms with E-state index in [-0.39, 0.29) is 17.4 Å². The second-order valence-electron chi connectivity index (χ2n) is 8.93. The molecule has 1 aromatic heterocycles. The van der Waals surface area contributed by atoms with Crippen LogP contribution in [0.25, 0.3) is 11.0 Å². The Labute approximate surface area is 209 Å². The van der Waals surface area contributed by atoms with Gasteiger partial charge in [-0.1, -0.05) is 66.2 Å². The predicted octanol–water partition coefficient (Wildman–Crippen LogP) is 4.63. The number of nitrogens with one attached hydrogen (secondary N) is 1. The first-order valence-corrected chi connectivity index (χ1v) is 12.3. The molecule has 0 bridgehead atoms. The number of nitrogens with zero attached hydrogens (tertiary/aromatic N) is 3. The van der Waals surface area contributed by atoms with Gasteiger partial charge in [-0.25, -0.2) is 4.98 Å². The lowest BCUT2D eigenvalue weighted by Gasteiger charge is -2.32. The summed E-state index contributed by atoms with van der Waals surface area (Å²) in [5, 5.41) is 3.71. The van der Waals surface area contributed by atoms with Crippen LogP contribution >= 0.6 is 11.6 Å². The molecule has 1 aliphatic heterocycles. The molecule has 1 atom stereocenters. The summed E-state index contributed by atoms with van der Waals surface area (Å²) in [5.41, 5.74) is 3.49. The predicted molar refractivity (Wildman–Crippen MR) is 140 cm³/mol. The maximum atomic E-state index is 13.6. The van der Waals surface area contributed by atoms with E-state index in [2.05, 4.69) is 5.32 Å². The first-order chi connectivity index (χ1) is 17.1. The highest BCUT2D eigenvalue weighted by Gasteiger charge is 2.28. The molecule has 1 N–H and O–H groups in total. The number of aromatic nitrogens is 2. The Morgan fingerprint density at radius 2 is 1.71 bits per heavy atom. The molecule has 3 aromatic carbocycles. The van der Waals surface area contributed by atoms with Crippen LogP contribution in [0.15, 0.2) is 83.7 Å². The number of halogens is 1. The summed E-state index contributed by atoms with van der Waals surface area (Å²) in [6.07, 6.45) is 1.61. The molecule has 1 amide bonds. The SMILES string of the molecule is O=C(NCc1ccc(Cl)cc1)[C@H]1CCCN(c2nc3ccccc3n(Cc3ccccc3)c2=O)C1. The van der Waals surface area contributed by atoms with Gasteiger partial charge >= 0.3 is 0 Å². The zero-order valence-electron chi connectivity index (χ0n) is 19.4. The topological polar surface area (TPSA) is 67.2 Å². The van der Waals surface area contributed by atoms with Crippen LogP contribution in [0.5, 0.6) is 0 Å². The normalized spacial score (nSPS) is 15.8. The second kappa shape index (κ2) is 10.3. The zero-order valence-corrected chi connectivity index (χ0v) is 20.1. The molecule has 5 rings (SSSR count). The number of fused-ring (bicyclic) bond motifs is 1. The fraction of sp³-hybridized carbons (Fsp3) is 0.250. The minimum absolute atomic E-state index is 0.00458. The molecule has 0 unspecified atom stereocenters. The largest absolute Gasteiger partial charge is 0.352 e. The van der Waals surface area contributed by atoms with Crippen molar-refractivity contribution in [3.8, 4) is 0 Å². The van der Waals surface area contributed by atoms with Crippen molar-refractivity contribution >= 4 is 34.4 Å². The first kappa shape index (κ1) is 23.1. The summed E-state index contributed by atoms with van der Waals surface area (Å²) in [6, 6.07) is 25.1. The minimum atomic E-state index is -0.203. The molecule has 4 aromatic rings. The third-order valence-electron chi connectivity index (χ3n) is 6.49. The number of amides is 1. The highest BCUT2D eigenvalue weighted by atomic mass is 35.5. The highest BCUT2D eigenvalue weighted by Crippen LogP contribution is 2.22. The van der Waals surface area contributed by atoms with Gasteiger partial charge in [-0.15, -0.1) is 0 Å². The average molecular weight is 487 g/mol. The molecule has 1 fully saturated rings. The number of hydrogen-bond donors (Lipinski definition) is 1. The minimum Gasteiger partial charge on any atom is -0.352 e. The molecule has 35 heavy (non-hydrogen) atoms. The summed E-state index contributed by atoms with van der Waals surface area (Å²) in [6.45, 7) is 2.09. The molecule has 2 heterocycles. The number of benzene rings is 3. The van der Waals surface area contributed by atoms with E-state index in [4.69, 9.17) is 16.6 Å². The smallest absolute Gasteiger partial charge is 0.294 e. The van der Waals surface area contributed by atoms with E-state index in [1.807, 2.05) is 83.8 Å². The zero-order chi connectivity index (χ0) is 24.2. The van der Waals surface area contributed by atoms with E-state index >= 15 is 0 Å². The van der Waals surface area contributed by atoms with E-state index in [1.54, 1.807) is 4.57 Å². The molecular weight excluding hydrogens is 460 g/mol. The Balaban J connectivity index is 1.38. The average Bonchev–Trinajstić information content (AvgIpc) is 2.90. The van der Waals surface area contributed by atoms with E-state index in [0.29, 0.717) is 37.0 Å². The van der Waals surface area contributed by atoms with Crippen LogP contribution in [0.2, 0.25) is 5.02 Å². The van der Waals surface area contributed by atoms with Gasteiger partial charge in [0.05, 0.1) is 23.5 Å². The number of anilines is 1. The van der Waals surface area contributed by atoms with Crippen LogP contribution in [-0.4, -0.2) is 28.5 Å². The van der Waals surface area contributed by atoms with Gasteiger partial charge in [0, 0.05) is 24.7 Å². The van der Waals surface area contributed by atoms with Crippen molar-refractivity contribution in [2.75, 3.05) is 18.0 Å². The van der Waals surface area contributed by atoms with Gasteiger partial charge in [-0.05, 0) is 48.2 Å². The van der Waals surface area contributed by atoms with Gasteiger partial charge in [0.2, 0.25) is 5.91 Å². The number of carbonyl (C=O) groups is 1. The Hall–Kier alpha value is -3.64.